The van der Waals surface area contributed by atoms with Crippen molar-refractivity contribution in [3.63, 3.8) is 0 Å². The van der Waals surface area contributed by atoms with Gasteiger partial charge in [0.15, 0.2) is 0 Å². The predicted octanol–water partition coefficient (Wildman–Crippen LogP) is 1.10. The molecule has 14 heavy (non-hydrogen) atoms. The van der Waals surface area contributed by atoms with Gasteiger partial charge in [-0.15, -0.1) is 0 Å². The molecule has 0 saturated carbocycles. The van der Waals surface area contributed by atoms with E-state index >= 15 is 0 Å². The number of nitrogens with two attached hydrogens (primary N) is 1. The van der Waals surface area contributed by atoms with Crippen LogP contribution in [0.3, 0.4) is 0 Å². The molecule has 0 radical (unpaired) electrons. The number of rotatable bonds is 2. The highest BCUT2D eigenvalue weighted by atomic mass is 16.5. The van der Waals surface area contributed by atoms with Gasteiger partial charge < -0.3 is 10.5 Å². The van der Waals surface area contributed by atoms with Crippen molar-refractivity contribution in [3.8, 4) is 5.75 Å². The molecule has 2 N–H and O–H groups in total. The van der Waals surface area contributed by atoms with Crippen LogP contribution in [0, 0.1) is 0 Å². The lowest BCUT2D eigenvalue weighted by molar-refractivity contribution is 0.410. The molecule has 0 aliphatic heterocycles. The van der Waals surface area contributed by atoms with Crippen LogP contribution in [-0.4, -0.2) is 17.1 Å². The van der Waals surface area contributed by atoms with Crippen molar-refractivity contribution in [1.82, 2.24) is 9.97 Å². The highest BCUT2D eigenvalue weighted by molar-refractivity contribution is 5.80. The summed E-state index contributed by atoms with van der Waals surface area (Å²) in [6, 6.07) is 3.83. The van der Waals surface area contributed by atoms with Crippen molar-refractivity contribution >= 4 is 10.9 Å². The first-order chi connectivity index (χ1) is 6.85. The number of aromatic nitrogens is 2. The Morgan fingerprint density at radius 2 is 2.29 bits per heavy atom. The molecule has 2 aromatic rings. The van der Waals surface area contributed by atoms with E-state index in [1.54, 1.807) is 13.3 Å². The minimum atomic E-state index is 0.452. The second-order valence-corrected chi connectivity index (χ2v) is 2.95. The van der Waals surface area contributed by atoms with Crippen molar-refractivity contribution in [1.29, 1.82) is 0 Å². The van der Waals surface area contributed by atoms with Gasteiger partial charge in [0.25, 0.3) is 0 Å². The fourth-order valence-electron chi connectivity index (χ4n) is 1.41. The van der Waals surface area contributed by atoms with E-state index in [2.05, 4.69) is 9.97 Å². The molecular weight excluding hydrogens is 178 g/mol. The number of benzene rings is 1. The lowest BCUT2D eigenvalue weighted by Gasteiger charge is -2.07. The van der Waals surface area contributed by atoms with Crippen LogP contribution in [0.15, 0.2) is 24.7 Å². The van der Waals surface area contributed by atoms with Crippen molar-refractivity contribution in [3.05, 3.63) is 30.2 Å². The van der Waals surface area contributed by atoms with Gasteiger partial charge in [-0.05, 0) is 6.07 Å². The van der Waals surface area contributed by atoms with Crippen LogP contribution in [0.1, 0.15) is 5.56 Å². The average Bonchev–Trinajstić information content (AvgIpc) is 2.27. The molecule has 4 nitrogen and oxygen atoms in total. The maximum atomic E-state index is 5.60. The van der Waals surface area contributed by atoms with Crippen molar-refractivity contribution < 1.29 is 4.74 Å². The van der Waals surface area contributed by atoms with Gasteiger partial charge in [0.2, 0.25) is 0 Å². The summed E-state index contributed by atoms with van der Waals surface area (Å²) in [7, 11) is 1.63. The molecule has 0 unspecified atom stereocenters. The Bertz CT molecular complexity index is 414. The van der Waals surface area contributed by atoms with E-state index < -0.39 is 0 Å². The van der Waals surface area contributed by atoms with Gasteiger partial charge in [0, 0.05) is 29.8 Å². The van der Waals surface area contributed by atoms with Crippen molar-refractivity contribution in [2.75, 3.05) is 7.11 Å². The zero-order valence-electron chi connectivity index (χ0n) is 7.90. The highest BCUT2D eigenvalue weighted by Gasteiger charge is 2.04. The average molecular weight is 189 g/mol. The SMILES string of the molecule is COc1cc2ncncc2cc1CN. The lowest BCUT2D eigenvalue weighted by Crippen LogP contribution is -2.00. The molecule has 0 amide bonds. The minimum Gasteiger partial charge on any atom is -0.496 e. The van der Waals surface area contributed by atoms with Crippen LogP contribution in [0.4, 0.5) is 0 Å². The van der Waals surface area contributed by atoms with E-state index in [1.807, 2.05) is 12.1 Å². The number of ether oxygens (including phenoxy) is 1. The molecule has 0 aliphatic carbocycles. The number of hydrogen-bond donors (Lipinski definition) is 1. The molecule has 0 aliphatic rings. The molecule has 4 heteroatoms. The third-order valence-corrected chi connectivity index (χ3v) is 2.13. The van der Waals surface area contributed by atoms with Crippen LogP contribution in [0.25, 0.3) is 10.9 Å². The molecule has 1 aromatic heterocycles. The topological polar surface area (TPSA) is 61.0 Å². The van der Waals surface area contributed by atoms with Gasteiger partial charge in [-0.1, -0.05) is 0 Å². The molecular formula is C10H11N3O. The first-order valence-corrected chi connectivity index (χ1v) is 4.32. The summed E-state index contributed by atoms with van der Waals surface area (Å²) in [4.78, 5) is 8.08. The number of methoxy groups -OCH3 is 1. The van der Waals surface area contributed by atoms with Crippen LogP contribution in [-0.2, 0) is 6.54 Å². The smallest absolute Gasteiger partial charge is 0.125 e. The monoisotopic (exact) mass is 189 g/mol. The Hall–Kier alpha value is -1.68. The summed E-state index contributed by atoms with van der Waals surface area (Å²) in [5, 5.41) is 0.980. The number of fused-ring (bicyclic) bond motifs is 1. The van der Waals surface area contributed by atoms with Gasteiger partial charge in [0.05, 0.1) is 12.6 Å². The molecule has 1 heterocycles. The van der Waals surface area contributed by atoms with Crippen LogP contribution >= 0.6 is 0 Å². The maximum absolute atomic E-state index is 5.60. The molecule has 0 fully saturated rings. The number of nitrogens with zero attached hydrogens (tertiary/aromatic N) is 2. The molecule has 0 spiro atoms. The van der Waals surface area contributed by atoms with E-state index in [0.717, 1.165) is 22.2 Å². The van der Waals surface area contributed by atoms with Crippen LogP contribution < -0.4 is 10.5 Å². The van der Waals surface area contributed by atoms with Gasteiger partial charge in [-0.3, -0.25) is 0 Å². The minimum absolute atomic E-state index is 0.452. The Labute approximate surface area is 81.7 Å². The summed E-state index contributed by atoms with van der Waals surface area (Å²) in [5.41, 5.74) is 7.43. The normalized spacial score (nSPS) is 10.4. The quantitative estimate of drug-likeness (QED) is 0.768. The van der Waals surface area contributed by atoms with E-state index in [9.17, 15) is 0 Å². The largest absolute Gasteiger partial charge is 0.496 e. The predicted molar refractivity (Wildman–Crippen MR) is 54.0 cm³/mol. The Balaban J connectivity index is 2.69. The van der Waals surface area contributed by atoms with E-state index in [0.29, 0.717) is 6.54 Å². The first kappa shape index (κ1) is 8.90. The molecule has 0 saturated heterocycles. The number of hydrogen-bond acceptors (Lipinski definition) is 4. The Morgan fingerprint density at radius 1 is 1.43 bits per heavy atom. The van der Waals surface area contributed by atoms with Crippen molar-refractivity contribution in [2.24, 2.45) is 5.73 Å². The second-order valence-electron chi connectivity index (χ2n) is 2.95. The summed E-state index contributed by atoms with van der Waals surface area (Å²) >= 11 is 0. The van der Waals surface area contributed by atoms with E-state index in [4.69, 9.17) is 10.5 Å². The van der Waals surface area contributed by atoms with E-state index in [1.165, 1.54) is 6.33 Å². The molecule has 72 valence electrons. The molecule has 0 atom stereocenters. The third-order valence-electron chi connectivity index (χ3n) is 2.13. The Morgan fingerprint density at radius 3 is 3.00 bits per heavy atom. The second kappa shape index (κ2) is 3.59. The summed E-state index contributed by atoms with van der Waals surface area (Å²) in [6.07, 6.45) is 3.28. The van der Waals surface area contributed by atoms with Crippen LogP contribution in [0.2, 0.25) is 0 Å². The van der Waals surface area contributed by atoms with Gasteiger partial charge in [-0.2, -0.15) is 0 Å². The van der Waals surface area contributed by atoms with Gasteiger partial charge in [-0.25, -0.2) is 9.97 Å². The maximum Gasteiger partial charge on any atom is 0.125 e. The third kappa shape index (κ3) is 1.40. The lowest BCUT2D eigenvalue weighted by atomic mass is 10.1. The Kier molecular flexibility index (Phi) is 2.28. The molecule has 1 aromatic carbocycles. The van der Waals surface area contributed by atoms with Crippen molar-refractivity contribution in [2.45, 2.75) is 6.54 Å². The fraction of sp³-hybridized carbons (Fsp3) is 0.200. The summed E-state index contributed by atoms with van der Waals surface area (Å²) in [6.45, 7) is 0.452. The fourth-order valence-corrected chi connectivity index (χ4v) is 1.41. The zero-order valence-corrected chi connectivity index (χ0v) is 7.90. The van der Waals surface area contributed by atoms with Crippen LogP contribution in [0.5, 0.6) is 5.75 Å². The van der Waals surface area contributed by atoms with Gasteiger partial charge >= 0.3 is 0 Å². The standard InChI is InChI=1S/C10H11N3O/c1-14-10-3-9-8(2-7(10)4-11)5-12-6-13-9/h2-3,5-6H,4,11H2,1H3. The highest BCUT2D eigenvalue weighted by Crippen LogP contribution is 2.23. The summed E-state index contributed by atoms with van der Waals surface area (Å²) in [5.74, 6) is 0.777. The zero-order chi connectivity index (χ0) is 9.97. The van der Waals surface area contributed by atoms with Gasteiger partial charge in [0.1, 0.15) is 12.1 Å². The molecule has 0 bridgehead atoms. The summed E-state index contributed by atoms with van der Waals surface area (Å²) < 4.78 is 5.20. The van der Waals surface area contributed by atoms with E-state index in [-0.39, 0.29) is 0 Å². The molecule has 2 rings (SSSR count). The first-order valence-electron chi connectivity index (χ1n) is 4.32.